The molecule has 0 amide bonds. The minimum atomic E-state index is -0.225. The Labute approximate surface area is 73.2 Å². The van der Waals surface area contributed by atoms with Crippen molar-refractivity contribution in [3.05, 3.63) is 11.0 Å². The summed E-state index contributed by atoms with van der Waals surface area (Å²) >= 11 is 0. The molecule has 1 rings (SSSR count). The molecule has 0 spiro atoms. The predicted molar refractivity (Wildman–Crippen MR) is 48.4 cm³/mol. The van der Waals surface area contributed by atoms with Gasteiger partial charge in [-0.2, -0.15) is 0 Å². The third kappa shape index (κ3) is 1.87. The molecule has 2 nitrogen and oxygen atoms in total. The van der Waals surface area contributed by atoms with Crippen LogP contribution in [0.3, 0.4) is 0 Å². The first-order valence-electron chi connectivity index (χ1n) is 3.16. The highest BCUT2D eigenvalue weighted by Crippen LogP contribution is 2.41. The van der Waals surface area contributed by atoms with E-state index in [1.807, 2.05) is 0 Å². The molecule has 0 aromatic heterocycles. The minimum Gasteiger partial charge on any atom is -0.298 e. The average molecular weight is 188 g/mol. The van der Waals surface area contributed by atoms with Crippen LogP contribution in [0.2, 0.25) is 0 Å². The molecule has 0 aliphatic carbocycles. The van der Waals surface area contributed by atoms with Crippen LogP contribution in [-0.4, -0.2) is 16.8 Å². The Morgan fingerprint density at radius 1 is 1.45 bits per heavy atom. The Morgan fingerprint density at radius 3 is 2.45 bits per heavy atom. The molecule has 0 bridgehead atoms. The number of hydrogen-bond acceptors (Lipinski definition) is 4. The second-order valence-electron chi connectivity index (χ2n) is 2.31. The van der Waals surface area contributed by atoms with Crippen molar-refractivity contribution >= 4 is 33.2 Å². The largest absolute Gasteiger partial charge is 0.298 e. The Morgan fingerprint density at radius 2 is 2.09 bits per heavy atom. The van der Waals surface area contributed by atoms with E-state index in [4.69, 9.17) is 0 Å². The van der Waals surface area contributed by atoms with Crippen LogP contribution in [0.4, 0.5) is 0 Å². The normalized spacial score (nSPS) is 23.1. The summed E-state index contributed by atoms with van der Waals surface area (Å²) in [6.45, 7) is 3.01. The van der Waals surface area contributed by atoms with Gasteiger partial charge in [0, 0.05) is 5.57 Å². The number of hydrogen-bond donors (Lipinski definition) is 0. The lowest BCUT2D eigenvalue weighted by Crippen LogP contribution is -2.17. The number of carbonyl (C=O) groups is 2. The van der Waals surface area contributed by atoms with Gasteiger partial charge in [-0.05, 0) is 19.3 Å². The molecule has 4 heteroatoms. The molecule has 0 unspecified atom stereocenters. The minimum absolute atomic E-state index is 0.00250. The van der Waals surface area contributed by atoms with Crippen molar-refractivity contribution in [1.82, 2.24) is 0 Å². The molecule has 60 valence electrons. The molecular formula is C7H8O2S2. The first-order valence-corrected chi connectivity index (χ1v) is 5.44. The molecule has 0 fully saturated rings. The van der Waals surface area contributed by atoms with E-state index in [0.717, 1.165) is 0 Å². The molecule has 1 heterocycles. The molecule has 11 heavy (non-hydrogen) atoms. The molecule has 0 aromatic rings. The van der Waals surface area contributed by atoms with Gasteiger partial charge < -0.3 is 0 Å². The SMILES string of the molecule is CC(=O)C1=CSS[C@@H]1C(C)=O. The van der Waals surface area contributed by atoms with Crippen molar-refractivity contribution in [2.45, 2.75) is 19.1 Å². The van der Waals surface area contributed by atoms with Crippen molar-refractivity contribution in [3.63, 3.8) is 0 Å². The summed E-state index contributed by atoms with van der Waals surface area (Å²) in [7, 11) is 2.90. The average Bonchev–Trinajstić information content (AvgIpc) is 2.32. The monoisotopic (exact) mass is 188 g/mol. The van der Waals surface area contributed by atoms with Crippen molar-refractivity contribution in [1.29, 1.82) is 0 Å². The smallest absolute Gasteiger partial charge is 0.157 e. The number of Topliss-reactive ketones (excluding diaryl/α,β-unsaturated/α-hetero) is 2. The molecule has 0 aromatic carbocycles. The summed E-state index contributed by atoms with van der Waals surface area (Å²) in [6.07, 6.45) is 0. The predicted octanol–water partition coefficient (Wildman–Crippen LogP) is 1.81. The quantitative estimate of drug-likeness (QED) is 0.619. The maximum Gasteiger partial charge on any atom is 0.157 e. The topological polar surface area (TPSA) is 34.1 Å². The summed E-state index contributed by atoms with van der Waals surface area (Å²) in [6, 6.07) is 0. The van der Waals surface area contributed by atoms with Crippen molar-refractivity contribution in [2.24, 2.45) is 0 Å². The Balaban J connectivity index is 2.79. The van der Waals surface area contributed by atoms with Gasteiger partial charge in [0.25, 0.3) is 0 Å². The fourth-order valence-electron chi connectivity index (χ4n) is 0.803. The molecular weight excluding hydrogens is 180 g/mol. The van der Waals surface area contributed by atoms with E-state index in [0.29, 0.717) is 5.57 Å². The zero-order chi connectivity index (χ0) is 8.43. The number of ketones is 2. The molecule has 0 radical (unpaired) electrons. The highest BCUT2D eigenvalue weighted by Gasteiger charge is 2.27. The van der Waals surface area contributed by atoms with Crippen LogP contribution in [0.15, 0.2) is 11.0 Å². The zero-order valence-corrected chi connectivity index (χ0v) is 7.92. The van der Waals surface area contributed by atoms with Gasteiger partial charge in [0.15, 0.2) is 5.78 Å². The second kappa shape index (κ2) is 3.45. The van der Waals surface area contributed by atoms with Crippen LogP contribution in [0, 0.1) is 0 Å². The standard InChI is InChI=1S/C7H8O2S2/c1-4(8)6-3-10-11-7(6)5(2)9/h3,7H,1-2H3/t7-/m1/s1. The lowest BCUT2D eigenvalue weighted by Gasteiger charge is -2.04. The fraction of sp³-hybridized carbons (Fsp3) is 0.429. The van der Waals surface area contributed by atoms with Crippen LogP contribution in [0.25, 0.3) is 0 Å². The molecule has 1 atom stereocenters. The Hall–Kier alpha value is -0.220. The van der Waals surface area contributed by atoms with Gasteiger partial charge in [-0.25, -0.2) is 0 Å². The van der Waals surface area contributed by atoms with Gasteiger partial charge in [-0.15, -0.1) is 0 Å². The van der Waals surface area contributed by atoms with Gasteiger partial charge >= 0.3 is 0 Å². The lowest BCUT2D eigenvalue weighted by molar-refractivity contribution is -0.118. The third-order valence-electron chi connectivity index (χ3n) is 1.39. The van der Waals surface area contributed by atoms with E-state index in [2.05, 4.69) is 0 Å². The number of rotatable bonds is 2. The van der Waals surface area contributed by atoms with Crippen LogP contribution < -0.4 is 0 Å². The molecule has 1 aliphatic heterocycles. The van der Waals surface area contributed by atoms with E-state index in [1.54, 1.807) is 5.41 Å². The first kappa shape index (κ1) is 8.87. The molecule has 0 saturated heterocycles. The van der Waals surface area contributed by atoms with Gasteiger partial charge in [-0.1, -0.05) is 21.6 Å². The van der Waals surface area contributed by atoms with Crippen LogP contribution in [0.1, 0.15) is 13.8 Å². The second-order valence-corrected chi connectivity index (χ2v) is 4.56. The molecule has 1 aliphatic rings. The van der Waals surface area contributed by atoms with E-state index >= 15 is 0 Å². The zero-order valence-electron chi connectivity index (χ0n) is 6.29. The fourth-order valence-corrected chi connectivity index (χ4v) is 3.46. The van der Waals surface area contributed by atoms with Gasteiger partial charge in [-0.3, -0.25) is 9.59 Å². The lowest BCUT2D eigenvalue weighted by atomic mass is 10.1. The molecule has 0 N–H and O–H groups in total. The maximum atomic E-state index is 10.9. The van der Waals surface area contributed by atoms with Gasteiger partial charge in [0.05, 0.1) is 0 Å². The van der Waals surface area contributed by atoms with E-state index in [9.17, 15) is 9.59 Å². The maximum absolute atomic E-state index is 10.9. The Bertz CT molecular complexity index is 233. The van der Waals surface area contributed by atoms with Gasteiger partial charge in [0.2, 0.25) is 0 Å². The highest BCUT2D eigenvalue weighted by atomic mass is 33.1. The summed E-state index contributed by atoms with van der Waals surface area (Å²) < 4.78 is 0. The van der Waals surface area contributed by atoms with Crippen LogP contribution in [-0.2, 0) is 9.59 Å². The van der Waals surface area contributed by atoms with Crippen molar-refractivity contribution < 1.29 is 9.59 Å². The van der Waals surface area contributed by atoms with Gasteiger partial charge in [0.1, 0.15) is 11.0 Å². The van der Waals surface area contributed by atoms with E-state index < -0.39 is 0 Å². The highest BCUT2D eigenvalue weighted by molar-refractivity contribution is 8.78. The Kier molecular flexibility index (Phi) is 2.78. The summed E-state index contributed by atoms with van der Waals surface area (Å²) in [5.41, 5.74) is 0.646. The van der Waals surface area contributed by atoms with E-state index in [1.165, 1.54) is 35.4 Å². The summed E-state index contributed by atoms with van der Waals surface area (Å²) in [5, 5.41) is 1.54. The third-order valence-corrected chi connectivity index (χ3v) is 3.82. The van der Waals surface area contributed by atoms with Crippen LogP contribution >= 0.6 is 21.6 Å². The van der Waals surface area contributed by atoms with E-state index in [-0.39, 0.29) is 16.8 Å². The molecule has 0 saturated carbocycles. The van der Waals surface area contributed by atoms with Crippen LogP contribution in [0.5, 0.6) is 0 Å². The van der Waals surface area contributed by atoms with Crippen molar-refractivity contribution in [3.8, 4) is 0 Å². The summed E-state index contributed by atoms with van der Waals surface area (Å²) in [5.74, 6) is 0.0594. The number of carbonyl (C=O) groups excluding carboxylic acids is 2. The first-order chi connectivity index (χ1) is 5.13. The van der Waals surface area contributed by atoms with Crippen molar-refractivity contribution in [2.75, 3.05) is 0 Å². The summed E-state index contributed by atoms with van der Waals surface area (Å²) in [4.78, 5) is 21.8.